The summed E-state index contributed by atoms with van der Waals surface area (Å²) in [6, 6.07) is 22.8. The number of fused-ring (bicyclic) bond motifs is 3. The normalized spacial score (nSPS) is 11.3. The topological polar surface area (TPSA) is 30.7 Å². The fourth-order valence-electron chi connectivity index (χ4n) is 3.44. The Balaban J connectivity index is 1.91. The summed E-state index contributed by atoms with van der Waals surface area (Å²) in [7, 11) is 0. The second-order valence-electron chi connectivity index (χ2n) is 6.64. The maximum absolute atomic E-state index is 14.0. The van der Waals surface area contributed by atoms with E-state index in [2.05, 4.69) is 36.2 Å². The Hall–Kier alpha value is -3.53. The van der Waals surface area contributed by atoms with Crippen molar-refractivity contribution in [3.05, 3.63) is 90.4 Å². The van der Waals surface area contributed by atoms with E-state index in [1.54, 1.807) is 6.07 Å². The van der Waals surface area contributed by atoms with Gasteiger partial charge in [-0.1, -0.05) is 48.0 Å². The molecule has 0 aliphatic rings. The molecule has 3 aromatic carbocycles. The van der Waals surface area contributed by atoms with Crippen LogP contribution in [0, 0.1) is 12.7 Å². The van der Waals surface area contributed by atoms with Gasteiger partial charge < -0.3 is 0 Å². The number of benzene rings is 3. The zero-order valence-electron chi connectivity index (χ0n) is 14.7. The van der Waals surface area contributed by atoms with E-state index in [0.29, 0.717) is 0 Å². The molecule has 0 spiro atoms. The SMILES string of the molecule is Cc1ccc(-c2nn(-c3ccccc3)c3c2cnc2ccc(F)cc23)cc1. The molecule has 0 saturated carbocycles. The summed E-state index contributed by atoms with van der Waals surface area (Å²) in [4.78, 5) is 4.54. The molecule has 130 valence electrons. The fraction of sp³-hybridized carbons (Fsp3) is 0.0435. The van der Waals surface area contributed by atoms with E-state index >= 15 is 0 Å². The van der Waals surface area contributed by atoms with E-state index in [1.807, 2.05) is 41.2 Å². The van der Waals surface area contributed by atoms with Gasteiger partial charge in [-0.05, 0) is 37.3 Å². The number of hydrogen-bond acceptors (Lipinski definition) is 2. The zero-order chi connectivity index (χ0) is 18.4. The van der Waals surface area contributed by atoms with E-state index in [9.17, 15) is 4.39 Å². The lowest BCUT2D eigenvalue weighted by Gasteiger charge is -2.05. The molecule has 5 aromatic rings. The molecular formula is C23H16FN3. The number of para-hydroxylation sites is 1. The third-order valence-electron chi connectivity index (χ3n) is 4.79. The first-order chi connectivity index (χ1) is 13.2. The summed E-state index contributed by atoms with van der Waals surface area (Å²) in [5.74, 6) is -0.283. The summed E-state index contributed by atoms with van der Waals surface area (Å²) in [6.07, 6.45) is 1.83. The van der Waals surface area contributed by atoms with Gasteiger partial charge in [-0.3, -0.25) is 4.98 Å². The van der Waals surface area contributed by atoms with Crippen molar-refractivity contribution < 1.29 is 4.39 Å². The molecule has 0 radical (unpaired) electrons. The maximum atomic E-state index is 14.0. The second-order valence-corrected chi connectivity index (χ2v) is 6.64. The molecule has 2 heterocycles. The van der Waals surface area contributed by atoms with Gasteiger partial charge in [0.05, 0.1) is 16.7 Å². The minimum atomic E-state index is -0.283. The number of aryl methyl sites for hydroxylation is 1. The van der Waals surface area contributed by atoms with E-state index < -0.39 is 0 Å². The van der Waals surface area contributed by atoms with Crippen LogP contribution in [-0.4, -0.2) is 14.8 Å². The van der Waals surface area contributed by atoms with E-state index in [0.717, 1.165) is 38.8 Å². The molecule has 0 N–H and O–H groups in total. The van der Waals surface area contributed by atoms with Gasteiger partial charge in [0, 0.05) is 22.5 Å². The molecular weight excluding hydrogens is 337 g/mol. The predicted molar refractivity (Wildman–Crippen MR) is 107 cm³/mol. The van der Waals surface area contributed by atoms with Crippen molar-refractivity contribution in [3.63, 3.8) is 0 Å². The Bertz CT molecular complexity index is 1270. The minimum absolute atomic E-state index is 0.283. The first-order valence-corrected chi connectivity index (χ1v) is 8.80. The average Bonchev–Trinajstić information content (AvgIpc) is 3.09. The Kier molecular flexibility index (Phi) is 3.50. The molecule has 5 rings (SSSR count). The maximum Gasteiger partial charge on any atom is 0.124 e. The smallest absolute Gasteiger partial charge is 0.124 e. The largest absolute Gasteiger partial charge is 0.255 e. The number of aromatic nitrogens is 3. The van der Waals surface area contributed by atoms with Crippen LogP contribution < -0.4 is 0 Å². The zero-order valence-corrected chi connectivity index (χ0v) is 14.7. The van der Waals surface area contributed by atoms with Gasteiger partial charge in [-0.15, -0.1) is 0 Å². The Morgan fingerprint density at radius 2 is 1.63 bits per heavy atom. The first-order valence-electron chi connectivity index (χ1n) is 8.80. The van der Waals surface area contributed by atoms with Crippen molar-refractivity contribution >= 4 is 21.8 Å². The van der Waals surface area contributed by atoms with Gasteiger partial charge in [0.15, 0.2) is 0 Å². The fourth-order valence-corrected chi connectivity index (χ4v) is 3.44. The van der Waals surface area contributed by atoms with Crippen LogP contribution in [-0.2, 0) is 0 Å². The van der Waals surface area contributed by atoms with Gasteiger partial charge in [0.25, 0.3) is 0 Å². The van der Waals surface area contributed by atoms with Crippen molar-refractivity contribution in [1.82, 2.24) is 14.8 Å². The van der Waals surface area contributed by atoms with Crippen LogP contribution in [0.3, 0.4) is 0 Å². The summed E-state index contributed by atoms with van der Waals surface area (Å²) in [6.45, 7) is 2.06. The molecule has 27 heavy (non-hydrogen) atoms. The lowest BCUT2D eigenvalue weighted by Crippen LogP contribution is -1.97. The highest BCUT2D eigenvalue weighted by atomic mass is 19.1. The van der Waals surface area contributed by atoms with Crippen LogP contribution in [0.5, 0.6) is 0 Å². The molecule has 0 fully saturated rings. The molecule has 0 saturated heterocycles. The summed E-state index contributed by atoms with van der Waals surface area (Å²) < 4.78 is 15.9. The highest BCUT2D eigenvalue weighted by molar-refractivity contribution is 6.08. The van der Waals surface area contributed by atoms with Crippen LogP contribution in [0.15, 0.2) is 79.0 Å². The van der Waals surface area contributed by atoms with E-state index in [4.69, 9.17) is 5.10 Å². The van der Waals surface area contributed by atoms with Crippen molar-refractivity contribution in [3.8, 4) is 16.9 Å². The van der Waals surface area contributed by atoms with Crippen LogP contribution >= 0.6 is 0 Å². The monoisotopic (exact) mass is 353 g/mol. The number of hydrogen-bond donors (Lipinski definition) is 0. The number of rotatable bonds is 2. The Morgan fingerprint density at radius 1 is 0.852 bits per heavy atom. The molecule has 0 amide bonds. The molecule has 0 aliphatic carbocycles. The summed E-state index contributed by atoms with van der Waals surface area (Å²) in [5.41, 5.74) is 5.58. The van der Waals surface area contributed by atoms with Crippen molar-refractivity contribution in [2.45, 2.75) is 6.92 Å². The number of halogens is 1. The Morgan fingerprint density at radius 3 is 2.41 bits per heavy atom. The Labute approximate surface area is 155 Å². The van der Waals surface area contributed by atoms with Crippen LogP contribution in [0.25, 0.3) is 38.8 Å². The minimum Gasteiger partial charge on any atom is -0.255 e. The van der Waals surface area contributed by atoms with Gasteiger partial charge in [-0.2, -0.15) is 5.10 Å². The average molecular weight is 353 g/mol. The highest BCUT2D eigenvalue weighted by Gasteiger charge is 2.17. The molecule has 3 nitrogen and oxygen atoms in total. The van der Waals surface area contributed by atoms with E-state index in [-0.39, 0.29) is 5.82 Å². The highest BCUT2D eigenvalue weighted by Crippen LogP contribution is 2.33. The van der Waals surface area contributed by atoms with Crippen LogP contribution in [0.2, 0.25) is 0 Å². The van der Waals surface area contributed by atoms with Gasteiger partial charge in [0.2, 0.25) is 0 Å². The third kappa shape index (κ3) is 2.57. The van der Waals surface area contributed by atoms with Crippen molar-refractivity contribution in [2.24, 2.45) is 0 Å². The van der Waals surface area contributed by atoms with Crippen LogP contribution in [0.1, 0.15) is 5.56 Å². The lowest BCUT2D eigenvalue weighted by molar-refractivity contribution is 0.629. The molecule has 4 heteroatoms. The number of nitrogens with zero attached hydrogens (tertiary/aromatic N) is 3. The van der Waals surface area contributed by atoms with E-state index in [1.165, 1.54) is 17.7 Å². The van der Waals surface area contributed by atoms with Crippen molar-refractivity contribution in [2.75, 3.05) is 0 Å². The first kappa shape index (κ1) is 15.7. The van der Waals surface area contributed by atoms with Gasteiger partial charge >= 0.3 is 0 Å². The van der Waals surface area contributed by atoms with Crippen molar-refractivity contribution in [1.29, 1.82) is 0 Å². The third-order valence-corrected chi connectivity index (χ3v) is 4.79. The van der Waals surface area contributed by atoms with Crippen LogP contribution in [0.4, 0.5) is 4.39 Å². The standard InChI is InChI=1S/C23H16FN3/c1-15-7-9-16(10-8-15)22-20-14-25-21-12-11-17(24)13-19(21)23(20)27(26-22)18-5-3-2-4-6-18/h2-14H,1H3. The molecule has 0 atom stereocenters. The van der Waals surface area contributed by atoms with Gasteiger partial charge in [0.1, 0.15) is 11.5 Å². The quantitative estimate of drug-likeness (QED) is 0.408. The van der Waals surface area contributed by atoms with Gasteiger partial charge in [-0.25, -0.2) is 9.07 Å². The molecule has 0 unspecified atom stereocenters. The second kappa shape index (κ2) is 6.02. The lowest BCUT2D eigenvalue weighted by atomic mass is 10.1. The molecule has 2 aromatic heterocycles. The summed E-state index contributed by atoms with van der Waals surface area (Å²) in [5, 5.41) is 6.55. The molecule has 0 bridgehead atoms. The number of pyridine rings is 1. The summed E-state index contributed by atoms with van der Waals surface area (Å²) >= 11 is 0. The predicted octanol–water partition coefficient (Wildman–Crippen LogP) is 5.69. The molecule has 0 aliphatic heterocycles.